The highest BCUT2D eigenvalue weighted by Gasteiger charge is 2.24. The van der Waals surface area contributed by atoms with E-state index in [0.29, 0.717) is 27.8 Å². The zero-order chi connectivity index (χ0) is 15.0. The highest BCUT2D eigenvalue weighted by atomic mass is 79.9. The summed E-state index contributed by atoms with van der Waals surface area (Å²) in [6.45, 7) is 2.94. The van der Waals surface area contributed by atoms with Gasteiger partial charge in [0.15, 0.2) is 11.5 Å². The first kappa shape index (κ1) is 14.7. The molecule has 112 valence electrons. The molecule has 2 aromatic rings. The van der Waals surface area contributed by atoms with Gasteiger partial charge >= 0.3 is 0 Å². The van der Waals surface area contributed by atoms with Gasteiger partial charge in [0.25, 0.3) is 0 Å². The van der Waals surface area contributed by atoms with E-state index in [-0.39, 0.29) is 6.79 Å². The average molecular weight is 374 g/mol. The van der Waals surface area contributed by atoms with E-state index < -0.39 is 6.10 Å². The van der Waals surface area contributed by atoms with Gasteiger partial charge in [-0.25, -0.2) is 0 Å². The summed E-state index contributed by atoms with van der Waals surface area (Å²) < 4.78 is 13.2. The van der Waals surface area contributed by atoms with Crippen molar-refractivity contribution in [1.29, 1.82) is 0 Å². The highest BCUT2D eigenvalue weighted by molar-refractivity contribution is 9.10. The van der Waals surface area contributed by atoms with E-state index >= 15 is 0 Å². The molecular formula is C14H14BrClN2O3. The SMILES string of the molecule is CCCn1ncc(Br)c1C(O)c1cc(Cl)c2c(c1)OCO2. The molecule has 1 atom stereocenters. The molecule has 3 rings (SSSR count). The number of rotatable bonds is 4. The molecule has 0 amide bonds. The number of fused-ring (bicyclic) bond motifs is 1. The maximum absolute atomic E-state index is 10.7. The summed E-state index contributed by atoms with van der Waals surface area (Å²) in [6.07, 6.45) is 1.76. The number of benzene rings is 1. The molecule has 1 N–H and O–H groups in total. The Morgan fingerprint density at radius 2 is 2.29 bits per heavy atom. The Bertz CT molecular complexity index is 674. The van der Waals surface area contributed by atoms with Crippen LogP contribution in [0.15, 0.2) is 22.8 Å². The van der Waals surface area contributed by atoms with Crippen molar-refractivity contribution in [2.75, 3.05) is 6.79 Å². The maximum atomic E-state index is 10.7. The van der Waals surface area contributed by atoms with Crippen LogP contribution in [0.4, 0.5) is 0 Å². The van der Waals surface area contributed by atoms with Crippen molar-refractivity contribution in [3.8, 4) is 11.5 Å². The molecule has 1 aromatic carbocycles. The van der Waals surface area contributed by atoms with Crippen molar-refractivity contribution in [3.63, 3.8) is 0 Å². The van der Waals surface area contributed by atoms with Crippen LogP contribution in [0.3, 0.4) is 0 Å². The third kappa shape index (κ3) is 2.63. The molecule has 1 unspecified atom stereocenters. The minimum Gasteiger partial charge on any atom is -0.454 e. The summed E-state index contributed by atoms with van der Waals surface area (Å²) in [5.74, 6) is 1.07. The zero-order valence-corrected chi connectivity index (χ0v) is 13.7. The summed E-state index contributed by atoms with van der Waals surface area (Å²) in [5.41, 5.74) is 1.34. The van der Waals surface area contributed by atoms with Gasteiger partial charge in [-0.1, -0.05) is 18.5 Å². The topological polar surface area (TPSA) is 56.5 Å². The summed E-state index contributed by atoms with van der Waals surface area (Å²) in [6, 6.07) is 3.43. The number of halogens is 2. The number of aromatic nitrogens is 2. The number of aryl methyl sites for hydroxylation is 1. The lowest BCUT2D eigenvalue weighted by Gasteiger charge is -2.15. The predicted octanol–water partition coefficient (Wildman–Crippen LogP) is 3.52. The fraction of sp³-hybridized carbons (Fsp3) is 0.357. The molecule has 5 nitrogen and oxygen atoms in total. The van der Waals surface area contributed by atoms with E-state index in [4.69, 9.17) is 21.1 Å². The largest absolute Gasteiger partial charge is 0.454 e. The number of nitrogens with zero attached hydrogens (tertiary/aromatic N) is 2. The van der Waals surface area contributed by atoms with Gasteiger partial charge in [-0.15, -0.1) is 0 Å². The molecule has 21 heavy (non-hydrogen) atoms. The summed E-state index contributed by atoms with van der Waals surface area (Å²) in [4.78, 5) is 0. The van der Waals surface area contributed by atoms with E-state index in [0.717, 1.165) is 17.4 Å². The molecule has 2 heterocycles. The quantitative estimate of drug-likeness (QED) is 0.891. The third-order valence-corrected chi connectivity index (χ3v) is 4.18. The number of aliphatic hydroxyl groups excluding tert-OH is 1. The maximum Gasteiger partial charge on any atom is 0.231 e. The van der Waals surface area contributed by atoms with Crippen LogP contribution in [0.25, 0.3) is 0 Å². The molecule has 0 aliphatic carbocycles. The minimum absolute atomic E-state index is 0.145. The van der Waals surface area contributed by atoms with Gasteiger partial charge in [-0.3, -0.25) is 4.68 Å². The van der Waals surface area contributed by atoms with Gasteiger partial charge in [0.1, 0.15) is 6.10 Å². The molecule has 1 aliphatic heterocycles. The molecule has 1 aromatic heterocycles. The summed E-state index contributed by atoms with van der Waals surface area (Å²) in [5, 5.41) is 15.4. The van der Waals surface area contributed by atoms with Crippen LogP contribution in [0, 0.1) is 0 Å². The van der Waals surface area contributed by atoms with Crippen LogP contribution in [0.1, 0.15) is 30.7 Å². The number of aliphatic hydroxyl groups is 1. The third-order valence-electron chi connectivity index (χ3n) is 3.29. The van der Waals surface area contributed by atoms with Crippen LogP contribution in [-0.4, -0.2) is 21.7 Å². The predicted molar refractivity (Wildman–Crippen MR) is 81.9 cm³/mol. The molecule has 0 bridgehead atoms. The van der Waals surface area contributed by atoms with E-state index in [1.54, 1.807) is 23.0 Å². The van der Waals surface area contributed by atoms with Gasteiger partial charge in [0, 0.05) is 6.54 Å². The Labute approximate surface area is 135 Å². The minimum atomic E-state index is -0.847. The van der Waals surface area contributed by atoms with E-state index in [1.165, 1.54) is 0 Å². The van der Waals surface area contributed by atoms with Crippen LogP contribution < -0.4 is 9.47 Å². The number of hydrogen-bond donors (Lipinski definition) is 1. The number of ether oxygens (including phenoxy) is 2. The van der Waals surface area contributed by atoms with Crippen LogP contribution >= 0.6 is 27.5 Å². The molecule has 7 heteroatoms. The Balaban J connectivity index is 2.01. The summed E-state index contributed by atoms with van der Waals surface area (Å²) in [7, 11) is 0. The van der Waals surface area contributed by atoms with Crippen molar-refractivity contribution >= 4 is 27.5 Å². The van der Waals surface area contributed by atoms with Crippen molar-refractivity contribution in [3.05, 3.63) is 39.1 Å². The fourth-order valence-electron chi connectivity index (χ4n) is 2.34. The Morgan fingerprint density at radius 3 is 3.05 bits per heavy atom. The van der Waals surface area contributed by atoms with Crippen molar-refractivity contribution in [1.82, 2.24) is 9.78 Å². The Morgan fingerprint density at radius 1 is 1.48 bits per heavy atom. The molecule has 0 saturated carbocycles. The molecule has 0 spiro atoms. The van der Waals surface area contributed by atoms with Crippen LogP contribution in [-0.2, 0) is 6.54 Å². The first-order valence-electron chi connectivity index (χ1n) is 6.60. The van der Waals surface area contributed by atoms with Crippen molar-refractivity contribution in [2.45, 2.75) is 26.0 Å². The second kappa shape index (κ2) is 5.87. The average Bonchev–Trinajstić information content (AvgIpc) is 3.06. The lowest BCUT2D eigenvalue weighted by Crippen LogP contribution is -2.10. The lowest BCUT2D eigenvalue weighted by molar-refractivity contribution is 0.173. The van der Waals surface area contributed by atoms with Crippen molar-refractivity contribution in [2.24, 2.45) is 0 Å². The smallest absolute Gasteiger partial charge is 0.231 e. The molecule has 1 aliphatic rings. The Kier molecular flexibility index (Phi) is 4.10. The second-order valence-electron chi connectivity index (χ2n) is 4.74. The van der Waals surface area contributed by atoms with Gasteiger partial charge in [-0.2, -0.15) is 5.10 Å². The van der Waals surface area contributed by atoms with Crippen molar-refractivity contribution < 1.29 is 14.6 Å². The van der Waals surface area contributed by atoms with Gasteiger partial charge in [-0.05, 0) is 40.0 Å². The van der Waals surface area contributed by atoms with Crippen LogP contribution in [0.2, 0.25) is 5.02 Å². The molecular weight excluding hydrogens is 360 g/mol. The monoisotopic (exact) mass is 372 g/mol. The normalized spacial score (nSPS) is 14.5. The summed E-state index contributed by atoms with van der Waals surface area (Å²) >= 11 is 9.60. The van der Waals surface area contributed by atoms with E-state index in [1.807, 2.05) is 0 Å². The van der Waals surface area contributed by atoms with Gasteiger partial charge < -0.3 is 14.6 Å². The fourth-order valence-corrected chi connectivity index (χ4v) is 3.12. The van der Waals surface area contributed by atoms with E-state index in [2.05, 4.69) is 28.0 Å². The molecule has 0 fully saturated rings. The standard InChI is InChI=1S/C14H14BrClN2O3/c1-2-3-18-12(9(15)6-17-18)13(19)8-4-10(16)14-11(5-8)20-7-21-14/h4-6,13,19H,2-3,7H2,1H3. The molecule has 0 radical (unpaired) electrons. The van der Waals surface area contributed by atoms with E-state index in [9.17, 15) is 5.11 Å². The molecule has 0 saturated heterocycles. The lowest BCUT2D eigenvalue weighted by atomic mass is 10.1. The highest BCUT2D eigenvalue weighted by Crippen LogP contribution is 2.42. The van der Waals surface area contributed by atoms with Crippen LogP contribution in [0.5, 0.6) is 11.5 Å². The van der Waals surface area contributed by atoms with Gasteiger partial charge in [0.2, 0.25) is 6.79 Å². The second-order valence-corrected chi connectivity index (χ2v) is 6.00. The zero-order valence-electron chi connectivity index (χ0n) is 11.3. The number of hydrogen-bond acceptors (Lipinski definition) is 4. The van der Waals surface area contributed by atoms with Gasteiger partial charge in [0.05, 0.1) is 21.4 Å². The first-order chi connectivity index (χ1) is 10.1. The Hall–Kier alpha value is -1.24. The first-order valence-corrected chi connectivity index (χ1v) is 7.77.